The van der Waals surface area contributed by atoms with Crippen molar-refractivity contribution in [3.63, 3.8) is 0 Å². The van der Waals surface area contributed by atoms with Crippen LogP contribution in [0.4, 0.5) is 8.78 Å². The Labute approximate surface area is 145 Å². The maximum absolute atomic E-state index is 13.8. The normalized spacial score (nSPS) is 16.4. The zero-order chi connectivity index (χ0) is 18.7. The Bertz CT molecular complexity index is 705. The van der Waals surface area contributed by atoms with Crippen molar-refractivity contribution in [3.8, 4) is 11.3 Å². The average Bonchev–Trinajstić information content (AvgIpc) is 3.15. The van der Waals surface area contributed by atoms with Gasteiger partial charge >= 0.3 is 0 Å². The first-order chi connectivity index (χ1) is 11.6. The molecule has 1 aliphatic rings. The van der Waals surface area contributed by atoms with Crippen LogP contribution in [0.1, 0.15) is 39.0 Å². The lowest BCUT2D eigenvalue weighted by Crippen LogP contribution is -2.68. The summed E-state index contributed by atoms with van der Waals surface area (Å²) in [7, 11) is -4.94. The molecule has 0 spiro atoms. The average molecular weight is 378 g/mol. The fraction of sp³-hybridized carbons (Fsp3) is 0.438. The van der Waals surface area contributed by atoms with E-state index in [0.29, 0.717) is 11.3 Å². The summed E-state index contributed by atoms with van der Waals surface area (Å²) in [5, 5.41) is 0. The quantitative estimate of drug-likeness (QED) is 0.666. The van der Waals surface area contributed by atoms with Crippen LogP contribution < -0.4 is 23.4 Å². The number of benzene rings is 1. The molecule has 0 amide bonds. The molecule has 1 saturated carbocycles. The highest BCUT2D eigenvalue weighted by Gasteiger charge is 2.44. The van der Waals surface area contributed by atoms with Crippen LogP contribution in [0.5, 0.6) is 0 Å². The summed E-state index contributed by atoms with van der Waals surface area (Å²) in [4.78, 5) is 0. The van der Waals surface area contributed by atoms with E-state index in [1.165, 1.54) is 25.0 Å². The third-order valence-corrected chi connectivity index (χ3v) is 4.41. The maximum Gasteiger partial charge on any atom is 0.221 e. The topological polar surface area (TPSA) is 109 Å². The van der Waals surface area contributed by atoms with Crippen molar-refractivity contribution in [1.82, 2.24) is 0 Å². The van der Waals surface area contributed by atoms with Gasteiger partial charge in [-0.25, -0.2) is 31.9 Å². The minimum absolute atomic E-state index is 0.0226. The van der Waals surface area contributed by atoms with Gasteiger partial charge in [-0.1, -0.05) is 6.92 Å². The zero-order valence-electron chi connectivity index (χ0n) is 13.5. The third kappa shape index (κ3) is 5.20. The highest BCUT2D eigenvalue weighted by Crippen LogP contribution is 2.35. The highest BCUT2D eigenvalue weighted by atomic mass is 35.7. The van der Waals surface area contributed by atoms with E-state index in [4.69, 9.17) is 23.2 Å². The Balaban J connectivity index is 0.000000399. The molecule has 0 atom stereocenters. The summed E-state index contributed by atoms with van der Waals surface area (Å²) in [6.45, 7) is 2.15. The van der Waals surface area contributed by atoms with Gasteiger partial charge in [0.05, 0.1) is 11.6 Å². The van der Waals surface area contributed by atoms with Crippen molar-refractivity contribution in [2.45, 2.75) is 44.6 Å². The van der Waals surface area contributed by atoms with Crippen molar-refractivity contribution < 1.29 is 46.9 Å². The first kappa shape index (κ1) is 19.7. The van der Waals surface area contributed by atoms with Gasteiger partial charge in [0.15, 0.2) is 0 Å². The number of aromatic nitrogens is 1. The lowest BCUT2D eigenvalue weighted by molar-refractivity contribution is -2.00. The maximum atomic E-state index is 13.8. The molecular weight excluding hydrogens is 360 g/mol. The van der Waals surface area contributed by atoms with Crippen LogP contribution in [0.15, 0.2) is 35.0 Å². The number of halogens is 3. The second-order valence-electron chi connectivity index (χ2n) is 5.88. The van der Waals surface area contributed by atoms with E-state index in [-0.39, 0.29) is 5.54 Å². The Morgan fingerprint density at radius 3 is 2.24 bits per heavy atom. The molecule has 1 heterocycles. The van der Waals surface area contributed by atoms with E-state index in [0.717, 1.165) is 25.3 Å². The molecule has 0 radical (unpaired) electrons. The van der Waals surface area contributed by atoms with Crippen LogP contribution >= 0.6 is 0 Å². The molecule has 0 unspecified atom stereocenters. The molecule has 0 bridgehead atoms. The molecule has 3 rings (SSSR count). The van der Waals surface area contributed by atoms with Gasteiger partial charge in [0, 0.05) is 25.3 Å². The van der Waals surface area contributed by atoms with Gasteiger partial charge < -0.3 is 0 Å². The Morgan fingerprint density at radius 2 is 1.72 bits per heavy atom. The minimum atomic E-state index is -4.94. The van der Waals surface area contributed by atoms with Gasteiger partial charge in [0.2, 0.25) is 17.5 Å². The van der Waals surface area contributed by atoms with Crippen molar-refractivity contribution in [2.24, 2.45) is 0 Å². The fourth-order valence-electron chi connectivity index (χ4n) is 3.15. The summed E-state index contributed by atoms with van der Waals surface area (Å²) in [6, 6.07) is 5.30. The summed E-state index contributed by atoms with van der Waals surface area (Å²) in [6.07, 6.45) is 7.44. The Morgan fingerprint density at radius 1 is 1.12 bits per heavy atom. The molecule has 1 aliphatic carbocycles. The van der Waals surface area contributed by atoms with E-state index in [2.05, 4.69) is 6.92 Å². The molecular formula is C16H18ClF2NO5. The molecule has 9 heteroatoms. The SMILES string of the molecule is CCC1([n+]2ccc(-c3ccc(F)cc3F)o2)CCCC1.[O-][Cl+3]([O-])([O-])[O-]. The predicted molar refractivity (Wildman–Crippen MR) is 71.0 cm³/mol. The lowest BCUT2D eigenvalue weighted by atomic mass is 9.95. The monoisotopic (exact) mass is 377 g/mol. The van der Waals surface area contributed by atoms with Crippen LogP contribution in [0, 0.1) is 21.9 Å². The van der Waals surface area contributed by atoms with E-state index in [1.54, 1.807) is 6.07 Å². The first-order valence-corrected chi connectivity index (χ1v) is 8.98. The molecule has 1 aromatic carbocycles. The molecule has 138 valence electrons. The fourth-order valence-corrected chi connectivity index (χ4v) is 3.15. The molecule has 6 nitrogen and oxygen atoms in total. The van der Waals surface area contributed by atoms with Crippen LogP contribution in [0.2, 0.25) is 0 Å². The van der Waals surface area contributed by atoms with Crippen LogP contribution in [-0.2, 0) is 5.54 Å². The number of rotatable bonds is 3. The largest absolute Gasteiger partial charge is 0.236 e. The van der Waals surface area contributed by atoms with Gasteiger partial charge in [-0.2, -0.15) is 0 Å². The summed E-state index contributed by atoms with van der Waals surface area (Å²) < 4.78 is 68.4. The van der Waals surface area contributed by atoms with Crippen molar-refractivity contribution in [3.05, 3.63) is 42.1 Å². The van der Waals surface area contributed by atoms with Crippen molar-refractivity contribution in [2.75, 3.05) is 0 Å². The van der Waals surface area contributed by atoms with Gasteiger partial charge in [-0.3, -0.25) is 0 Å². The standard InChI is InChI=1S/C16H18F2NO.ClHO4/c1-2-16(8-3-4-9-16)19-10-7-15(20-19)13-6-5-12(17)11-14(13)18;2-1(3,4)5/h5-7,10-11H,2-4,8-9H2,1H3;(H,2,3,4,5)/q+1;/p-1. The predicted octanol–water partition coefficient (Wildman–Crippen LogP) is -0.564. The molecule has 2 aromatic rings. The molecule has 0 N–H and O–H groups in total. The van der Waals surface area contributed by atoms with E-state index < -0.39 is 21.9 Å². The highest BCUT2D eigenvalue weighted by molar-refractivity contribution is 5.56. The van der Waals surface area contributed by atoms with Crippen molar-refractivity contribution in [1.29, 1.82) is 0 Å². The van der Waals surface area contributed by atoms with Crippen LogP contribution in [0.25, 0.3) is 11.3 Å². The van der Waals surface area contributed by atoms with Crippen LogP contribution in [-0.4, -0.2) is 0 Å². The van der Waals surface area contributed by atoms with E-state index in [9.17, 15) is 8.78 Å². The minimum Gasteiger partial charge on any atom is -0.236 e. The second-order valence-corrected chi connectivity index (χ2v) is 6.64. The lowest BCUT2D eigenvalue weighted by Gasteiger charge is -2.17. The van der Waals surface area contributed by atoms with E-state index in [1.807, 2.05) is 10.9 Å². The van der Waals surface area contributed by atoms with Gasteiger partial charge in [0.1, 0.15) is 11.6 Å². The van der Waals surface area contributed by atoms with Gasteiger partial charge in [-0.05, 0) is 29.7 Å². The summed E-state index contributed by atoms with van der Waals surface area (Å²) >= 11 is 0. The first-order valence-electron chi connectivity index (χ1n) is 7.74. The molecule has 0 aliphatic heterocycles. The number of hydrogen-bond donors (Lipinski definition) is 0. The Kier molecular flexibility index (Phi) is 6.12. The van der Waals surface area contributed by atoms with Crippen LogP contribution in [0.3, 0.4) is 0 Å². The molecule has 1 fully saturated rings. The van der Waals surface area contributed by atoms with E-state index >= 15 is 0 Å². The molecule has 25 heavy (non-hydrogen) atoms. The number of nitrogens with zero attached hydrogens (tertiary/aromatic N) is 1. The Hall–Kier alpha value is -1.58. The second kappa shape index (κ2) is 7.76. The van der Waals surface area contributed by atoms with Gasteiger partial charge in [-0.15, -0.1) is 10.2 Å². The zero-order valence-corrected chi connectivity index (χ0v) is 14.3. The molecule has 0 saturated heterocycles. The summed E-state index contributed by atoms with van der Waals surface area (Å²) in [5.41, 5.74) is 0.323. The van der Waals surface area contributed by atoms with Crippen molar-refractivity contribution >= 4 is 0 Å². The van der Waals surface area contributed by atoms with Gasteiger partial charge in [0.25, 0.3) is 0 Å². The smallest absolute Gasteiger partial charge is 0.221 e. The summed E-state index contributed by atoms with van der Waals surface area (Å²) in [5.74, 6) is -0.725. The third-order valence-electron chi connectivity index (χ3n) is 4.41. The number of hydrogen-bond acceptors (Lipinski definition) is 5. The molecule has 1 aromatic heterocycles.